The molecule has 1 aliphatic rings. The van der Waals surface area contributed by atoms with Gasteiger partial charge in [0, 0.05) is 0 Å². The highest BCUT2D eigenvalue weighted by Gasteiger charge is 2.55. The molecule has 2 N–H and O–H groups in total. The number of hydrogen-bond acceptors (Lipinski definition) is 8. The molecule has 1 aromatic rings. The number of aryl methyl sites for hydroxylation is 1. The summed E-state index contributed by atoms with van der Waals surface area (Å²) < 4.78 is 49.5. The van der Waals surface area contributed by atoms with Crippen molar-refractivity contribution in [3.8, 4) is 0 Å². The van der Waals surface area contributed by atoms with E-state index in [0.29, 0.717) is 0 Å². The van der Waals surface area contributed by atoms with Crippen LogP contribution in [0.2, 0.25) is 36.3 Å². The first-order valence-corrected chi connectivity index (χ1v) is 19.6. The van der Waals surface area contributed by atoms with E-state index in [1.165, 1.54) is 12.1 Å². The molecule has 0 aliphatic carbocycles. The van der Waals surface area contributed by atoms with Gasteiger partial charge in [-0.25, -0.2) is 0 Å². The Kier molecular flexibility index (Phi) is 9.52. The molecular formula is C25H46O8SSi2. The average Bonchev–Trinajstić information content (AvgIpc) is 2.99. The molecule has 0 amide bonds. The first-order chi connectivity index (χ1) is 16.1. The molecule has 1 fully saturated rings. The van der Waals surface area contributed by atoms with Crippen LogP contribution in [-0.4, -0.2) is 72.6 Å². The molecule has 36 heavy (non-hydrogen) atoms. The van der Waals surface area contributed by atoms with Gasteiger partial charge in [0.05, 0.1) is 11.5 Å². The monoisotopic (exact) mass is 562 g/mol. The van der Waals surface area contributed by atoms with Crippen LogP contribution in [0.4, 0.5) is 0 Å². The Morgan fingerprint density at radius 1 is 0.917 bits per heavy atom. The van der Waals surface area contributed by atoms with Gasteiger partial charge in [-0.3, -0.25) is 4.18 Å². The van der Waals surface area contributed by atoms with E-state index in [4.69, 9.17) is 17.8 Å². The number of ether oxygens (including phenoxy) is 1. The SMILES string of the molecule is Cc1ccc(S(=O)(=O)OC[C@@H](O)[C@@H]2O[C@@H](O)[C@H](O[Si](C)(C)C(C)(C)C)[C@H]2O[Si](C)(C)C(C)(C)C)cc1. The normalized spacial score (nSPS) is 25.2. The van der Waals surface area contributed by atoms with Crippen molar-refractivity contribution in [2.24, 2.45) is 0 Å². The molecular weight excluding hydrogens is 517 g/mol. The first-order valence-electron chi connectivity index (χ1n) is 12.4. The molecule has 1 saturated heterocycles. The summed E-state index contributed by atoms with van der Waals surface area (Å²) in [4.78, 5) is 0.000819. The van der Waals surface area contributed by atoms with E-state index >= 15 is 0 Å². The second kappa shape index (κ2) is 10.9. The molecule has 2 rings (SSSR count). The highest BCUT2D eigenvalue weighted by atomic mass is 32.2. The van der Waals surface area contributed by atoms with Gasteiger partial charge in [0.2, 0.25) is 0 Å². The fraction of sp³-hybridized carbons (Fsp3) is 0.760. The predicted molar refractivity (Wildman–Crippen MR) is 145 cm³/mol. The van der Waals surface area contributed by atoms with Gasteiger partial charge in [-0.05, 0) is 55.3 Å². The van der Waals surface area contributed by atoms with E-state index in [2.05, 4.69) is 67.7 Å². The van der Waals surface area contributed by atoms with Crippen molar-refractivity contribution in [2.45, 2.75) is 120 Å². The zero-order chi connectivity index (χ0) is 27.9. The van der Waals surface area contributed by atoms with E-state index in [1.807, 2.05) is 6.92 Å². The van der Waals surface area contributed by atoms with Gasteiger partial charge >= 0.3 is 0 Å². The van der Waals surface area contributed by atoms with E-state index < -0.39 is 64.1 Å². The van der Waals surface area contributed by atoms with Crippen LogP contribution in [0, 0.1) is 6.92 Å². The number of benzene rings is 1. The van der Waals surface area contributed by atoms with Crippen molar-refractivity contribution in [3.63, 3.8) is 0 Å². The van der Waals surface area contributed by atoms with E-state index in [-0.39, 0.29) is 15.0 Å². The van der Waals surface area contributed by atoms with Gasteiger partial charge in [-0.2, -0.15) is 8.42 Å². The van der Waals surface area contributed by atoms with Crippen molar-refractivity contribution < 1.29 is 36.4 Å². The van der Waals surface area contributed by atoms with E-state index in [0.717, 1.165) is 5.56 Å². The van der Waals surface area contributed by atoms with Crippen LogP contribution < -0.4 is 0 Å². The maximum atomic E-state index is 12.7. The zero-order valence-corrected chi connectivity index (χ0v) is 26.5. The molecule has 0 radical (unpaired) electrons. The Balaban J connectivity index is 2.31. The predicted octanol–water partition coefficient (Wildman–Crippen LogP) is 4.56. The van der Waals surface area contributed by atoms with Crippen molar-refractivity contribution >= 4 is 26.8 Å². The largest absolute Gasteiger partial charge is 0.408 e. The van der Waals surface area contributed by atoms with Crippen molar-refractivity contribution in [2.75, 3.05) is 6.61 Å². The van der Waals surface area contributed by atoms with Gasteiger partial charge in [-0.15, -0.1) is 0 Å². The van der Waals surface area contributed by atoms with Crippen molar-refractivity contribution in [1.82, 2.24) is 0 Å². The summed E-state index contributed by atoms with van der Waals surface area (Å²) in [6.45, 7) is 22.2. The minimum Gasteiger partial charge on any atom is -0.408 e. The third kappa shape index (κ3) is 7.26. The van der Waals surface area contributed by atoms with Crippen LogP contribution in [0.5, 0.6) is 0 Å². The molecule has 0 aromatic heterocycles. The Morgan fingerprint density at radius 2 is 1.36 bits per heavy atom. The lowest BCUT2D eigenvalue weighted by molar-refractivity contribution is -0.147. The standard InChI is InChI=1S/C25H46O8SSi2/c1-17-12-14-18(15-13-17)34(28,29)30-16-19(26)20-21(32-35(8,9)24(2,3)4)22(23(27)31-20)33-36(10,11)25(5,6)7/h12-15,19-23,26-27H,16H2,1-11H3/t19-,20+,21+,22-,23-/m1/s1. The third-order valence-corrected chi connectivity index (χ3v) is 18.0. The summed E-state index contributed by atoms with van der Waals surface area (Å²) in [5.74, 6) is 0. The molecule has 0 unspecified atom stereocenters. The van der Waals surface area contributed by atoms with Crippen LogP contribution in [0.15, 0.2) is 29.2 Å². The maximum Gasteiger partial charge on any atom is 0.297 e. The van der Waals surface area contributed by atoms with Crippen molar-refractivity contribution in [1.29, 1.82) is 0 Å². The number of aliphatic hydroxyl groups excluding tert-OH is 2. The summed E-state index contributed by atoms with van der Waals surface area (Å²) >= 11 is 0. The molecule has 1 aliphatic heterocycles. The Bertz CT molecular complexity index is 981. The molecule has 5 atom stereocenters. The molecule has 11 heteroatoms. The molecule has 0 spiro atoms. The van der Waals surface area contributed by atoms with Gasteiger partial charge in [-0.1, -0.05) is 59.2 Å². The number of hydrogen-bond donors (Lipinski definition) is 2. The summed E-state index contributed by atoms with van der Waals surface area (Å²) in [6, 6.07) is 6.27. The third-order valence-electron chi connectivity index (χ3n) is 7.78. The summed E-state index contributed by atoms with van der Waals surface area (Å²) in [6.07, 6.45) is -5.36. The number of aliphatic hydroxyl groups is 2. The fourth-order valence-electron chi connectivity index (χ4n) is 3.30. The second-order valence-electron chi connectivity index (χ2n) is 12.8. The lowest BCUT2D eigenvalue weighted by Crippen LogP contribution is -2.55. The summed E-state index contributed by atoms with van der Waals surface area (Å²) in [7, 11) is -8.83. The highest BCUT2D eigenvalue weighted by Crippen LogP contribution is 2.43. The van der Waals surface area contributed by atoms with Crippen molar-refractivity contribution in [3.05, 3.63) is 29.8 Å². The maximum absolute atomic E-state index is 12.7. The topological polar surface area (TPSA) is 112 Å². The lowest BCUT2D eigenvalue weighted by atomic mass is 10.1. The quantitative estimate of drug-likeness (QED) is 0.333. The zero-order valence-electron chi connectivity index (χ0n) is 23.7. The fourth-order valence-corrected chi connectivity index (χ4v) is 6.81. The van der Waals surface area contributed by atoms with Crippen LogP contribution in [-0.2, 0) is 27.9 Å². The van der Waals surface area contributed by atoms with Gasteiger partial charge in [0.15, 0.2) is 22.9 Å². The molecule has 1 heterocycles. The number of rotatable bonds is 9. The molecule has 1 aromatic carbocycles. The minimum atomic E-state index is -4.09. The lowest BCUT2D eigenvalue weighted by Gasteiger charge is -2.44. The van der Waals surface area contributed by atoms with Gasteiger partial charge < -0.3 is 23.8 Å². The van der Waals surface area contributed by atoms with Gasteiger partial charge in [0.25, 0.3) is 10.1 Å². The van der Waals surface area contributed by atoms with Crippen LogP contribution >= 0.6 is 0 Å². The first kappa shape index (κ1) is 31.6. The van der Waals surface area contributed by atoms with Crippen LogP contribution in [0.1, 0.15) is 47.1 Å². The molecule has 208 valence electrons. The Hall–Kier alpha value is -0.636. The molecule has 0 bridgehead atoms. The second-order valence-corrected chi connectivity index (χ2v) is 23.9. The summed E-state index contributed by atoms with van der Waals surface area (Å²) in [5, 5.41) is 21.6. The average molecular weight is 563 g/mol. The molecule has 0 saturated carbocycles. The smallest absolute Gasteiger partial charge is 0.297 e. The van der Waals surface area contributed by atoms with Crippen LogP contribution in [0.3, 0.4) is 0 Å². The highest BCUT2D eigenvalue weighted by molar-refractivity contribution is 7.86. The minimum absolute atomic E-state index is 0.000819. The Labute approximate surface area is 219 Å². The van der Waals surface area contributed by atoms with Gasteiger partial charge in [0.1, 0.15) is 24.4 Å². The van der Waals surface area contributed by atoms with E-state index in [9.17, 15) is 18.6 Å². The van der Waals surface area contributed by atoms with E-state index in [1.54, 1.807) is 12.1 Å². The molecule has 8 nitrogen and oxygen atoms in total. The summed E-state index contributed by atoms with van der Waals surface area (Å²) in [5.41, 5.74) is 0.917. The van der Waals surface area contributed by atoms with Crippen LogP contribution in [0.25, 0.3) is 0 Å². The Morgan fingerprint density at radius 3 is 1.81 bits per heavy atom.